The van der Waals surface area contributed by atoms with Crippen LogP contribution in [0.5, 0.6) is 0 Å². The number of alkyl carbamates (subject to hydrolysis) is 1. The highest BCUT2D eigenvalue weighted by Gasteiger charge is 2.22. The van der Waals surface area contributed by atoms with Crippen molar-refractivity contribution in [1.29, 1.82) is 0 Å². The molecule has 1 aromatic carbocycles. The first-order valence-corrected chi connectivity index (χ1v) is 7.77. The Kier molecular flexibility index (Phi) is 7.98. The van der Waals surface area contributed by atoms with Crippen LogP contribution in [0.4, 0.5) is 4.79 Å². The molecule has 0 aliphatic carbocycles. The van der Waals surface area contributed by atoms with Gasteiger partial charge in [0.15, 0.2) is 0 Å². The van der Waals surface area contributed by atoms with Crippen molar-refractivity contribution in [2.45, 2.75) is 45.4 Å². The van der Waals surface area contributed by atoms with Gasteiger partial charge in [-0.05, 0) is 32.8 Å². The van der Waals surface area contributed by atoms with E-state index in [-0.39, 0.29) is 6.42 Å². The largest absolute Gasteiger partial charge is 0.480 e. The normalized spacial score (nSPS) is 12.8. The minimum absolute atomic E-state index is 0.156. The Hall–Kier alpha value is -2.34. The Balaban J connectivity index is 2.32. The third kappa shape index (κ3) is 8.95. The number of carboxylic acids is 1. The van der Waals surface area contributed by atoms with Crippen LogP contribution in [-0.2, 0) is 20.9 Å². The molecule has 0 unspecified atom stereocenters. The fourth-order valence-corrected chi connectivity index (χ4v) is 1.79. The number of benzene rings is 1. The summed E-state index contributed by atoms with van der Waals surface area (Å²) in [4.78, 5) is 22.8. The van der Waals surface area contributed by atoms with Gasteiger partial charge in [-0.1, -0.05) is 42.5 Å². The van der Waals surface area contributed by atoms with Gasteiger partial charge in [0, 0.05) is 0 Å². The highest BCUT2D eigenvalue weighted by molar-refractivity contribution is 5.80. The standard InChI is InChI=1S/C18H25NO5/c1-18(2,3)24-17(22)19-15(16(20)21)11-7-8-12-23-13-14-9-5-4-6-10-14/h4-10,15H,11-13H2,1-3H3,(H,19,22)(H,20,21)/b8-7+/t15-/m0/s1. The summed E-state index contributed by atoms with van der Waals surface area (Å²) in [5.74, 6) is -1.12. The van der Waals surface area contributed by atoms with Crippen molar-refractivity contribution in [3.63, 3.8) is 0 Å². The first kappa shape index (κ1) is 19.7. The monoisotopic (exact) mass is 335 g/mol. The summed E-state index contributed by atoms with van der Waals surface area (Å²) in [7, 11) is 0. The number of rotatable bonds is 8. The van der Waals surface area contributed by atoms with Gasteiger partial charge in [-0.3, -0.25) is 0 Å². The van der Waals surface area contributed by atoms with Crippen molar-refractivity contribution in [2.24, 2.45) is 0 Å². The fraction of sp³-hybridized carbons (Fsp3) is 0.444. The fourth-order valence-electron chi connectivity index (χ4n) is 1.79. The Morgan fingerprint density at radius 3 is 2.46 bits per heavy atom. The Morgan fingerprint density at radius 2 is 1.88 bits per heavy atom. The summed E-state index contributed by atoms with van der Waals surface area (Å²) in [6.07, 6.45) is 2.81. The molecule has 1 rings (SSSR count). The van der Waals surface area contributed by atoms with Crippen LogP contribution in [0.2, 0.25) is 0 Å². The first-order valence-electron chi connectivity index (χ1n) is 7.77. The highest BCUT2D eigenvalue weighted by Crippen LogP contribution is 2.07. The molecular formula is C18H25NO5. The molecule has 6 nitrogen and oxygen atoms in total. The Morgan fingerprint density at radius 1 is 1.21 bits per heavy atom. The molecule has 1 amide bonds. The summed E-state index contributed by atoms with van der Waals surface area (Å²) in [6, 6.07) is 8.71. The lowest BCUT2D eigenvalue weighted by atomic mass is 10.2. The summed E-state index contributed by atoms with van der Waals surface area (Å²) >= 11 is 0. The van der Waals surface area contributed by atoms with E-state index in [9.17, 15) is 9.59 Å². The number of carbonyl (C=O) groups is 2. The van der Waals surface area contributed by atoms with Crippen LogP contribution in [0.3, 0.4) is 0 Å². The first-order chi connectivity index (χ1) is 11.3. The molecule has 0 heterocycles. The van der Waals surface area contributed by atoms with E-state index in [1.54, 1.807) is 32.9 Å². The van der Waals surface area contributed by atoms with E-state index in [2.05, 4.69) is 5.32 Å². The molecule has 0 fully saturated rings. The van der Waals surface area contributed by atoms with E-state index >= 15 is 0 Å². The summed E-state index contributed by atoms with van der Waals surface area (Å²) in [5, 5.41) is 11.5. The minimum atomic E-state index is -1.12. The Bertz CT molecular complexity index is 548. The number of hydrogen-bond donors (Lipinski definition) is 2. The van der Waals surface area contributed by atoms with E-state index in [4.69, 9.17) is 14.6 Å². The number of amides is 1. The second kappa shape index (κ2) is 9.72. The van der Waals surface area contributed by atoms with Gasteiger partial charge in [0.2, 0.25) is 0 Å². The molecule has 0 saturated carbocycles. The molecule has 0 spiro atoms. The van der Waals surface area contributed by atoms with Gasteiger partial charge in [0.1, 0.15) is 11.6 Å². The van der Waals surface area contributed by atoms with Crippen molar-refractivity contribution in [1.82, 2.24) is 5.32 Å². The zero-order valence-electron chi connectivity index (χ0n) is 14.3. The van der Waals surface area contributed by atoms with Crippen molar-refractivity contribution in [3.05, 3.63) is 48.0 Å². The third-order valence-corrected chi connectivity index (χ3v) is 2.85. The van der Waals surface area contributed by atoms with E-state index in [1.807, 2.05) is 30.3 Å². The van der Waals surface area contributed by atoms with Gasteiger partial charge in [0.25, 0.3) is 0 Å². The molecule has 1 aromatic rings. The van der Waals surface area contributed by atoms with E-state index in [0.717, 1.165) is 5.56 Å². The molecule has 24 heavy (non-hydrogen) atoms. The van der Waals surface area contributed by atoms with Crippen LogP contribution in [0.1, 0.15) is 32.8 Å². The van der Waals surface area contributed by atoms with Gasteiger partial charge in [-0.2, -0.15) is 0 Å². The lowest BCUT2D eigenvalue weighted by molar-refractivity contribution is -0.139. The predicted molar refractivity (Wildman–Crippen MR) is 90.6 cm³/mol. The molecule has 6 heteroatoms. The molecule has 0 radical (unpaired) electrons. The molecule has 2 N–H and O–H groups in total. The smallest absolute Gasteiger partial charge is 0.408 e. The van der Waals surface area contributed by atoms with Gasteiger partial charge >= 0.3 is 12.1 Å². The number of carboxylic acid groups (broad SMARTS) is 1. The number of ether oxygens (including phenoxy) is 2. The van der Waals surface area contributed by atoms with E-state index in [0.29, 0.717) is 13.2 Å². The quantitative estimate of drug-likeness (QED) is 0.563. The lowest BCUT2D eigenvalue weighted by Crippen LogP contribution is -2.43. The van der Waals surface area contributed by atoms with Crippen LogP contribution < -0.4 is 5.32 Å². The lowest BCUT2D eigenvalue weighted by Gasteiger charge is -2.21. The molecule has 132 valence electrons. The maximum Gasteiger partial charge on any atom is 0.408 e. The molecule has 0 aliphatic rings. The number of carbonyl (C=O) groups excluding carboxylic acids is 1. The van der Waals surface area contributed by atoms with Gasteiger partial charge in [-0.15, -0.1) is 0 Å². The summed E-state index contributed by atoms with van der Waals surface area (Å²) in [6.45, 7) is 6.00. The number of nitrogens with one attached hydrogen (secondary N) is 1. The van der Waals surface area contributed by atoms with Gasteiger partial charge in [0.05, 0.1) is 13.2 Å². The van der Waals surface area contributed by atoms with Gasteiger partial charge in [-0.25, -0.2) is 9.59 Å². The van der Waals surface area contributed by atoms with Crippen molar-refractivity contribution < 1.29 is 24.2 Å². The predicted octanol–water partition coefficient (Wildman–Crippen LogP) is 3.13. The zero-order chi connectivity index (χ0) is 18.0. The van der Waals surface area contributed by atoms with Crippen LogP contribution in [-0.4, -0.2) is 35.4 Å². The molecule has 0 saturated heterocycles. The molecule has 1 atom stereocenters. The van der Waals surface area contributed by atoms with Crippen LogP contribution >= 0.6 is 0 Å². The number of aliphatic carboxylic acids is 1. The van der Waals surface area contributed by atoms with E-state index in [1.165, 1.54) is 0 Å². The topological polar surface area (TPSA) is 84.9 Å². The number of hydrogen-bond acceptors (Lipinski definition) is 4. The molecular weight excluding hydrogens is 310 g/mol. The van der Waals surface area contributed by atoms with Crippen LogP contribution in [0.15, 0.2) is 42.5 Å². The van der Waals surface area contributed by atoms with Crippen LogP contribution in [0, 0.1) is 0 Å². The molecule has 0 aromatic heterocycles. The van der Waals surface area contributed by atoms with Crippen LogP contribution in [0.25, 0.3) is 0 Å². The average Bonchev–Trinajstić information content (AvgIpc) is 2.48. The average molecular weight is 335 g/mol. The van der Waals surface area contributed by atoms with Gasteiger partial charge < -0.3 is 19.9 Å². The summed E-state index contributed by atoms with van der Waals surface area (Å²) < 4.78 is 10.5. The second-order valence-corrected chi connectivity index (χ2v) is 6.24. The Labute approximate surface area is 142 Å². The maximum absolute atomic E-state index is 11.6. The van der Waals surface area contributed by atoms with E-state index < -0.39 is 23.7 Å². The molecule has 0 aliphatic heterocycles. The maximum atomic E-state index is 11.6. The SMILES string of the molecule is CC(C)(C)OC(=O)N[C@@H](C/C=C/COCc1ccccc1)C(=O)O. The second-order valence-electron chi connectivity index (χ2n) is 6.24. The highest BCUT2D eigenvalue weighted by atomic mass is 16.6. The zero-order valence-corrected chi connectivity index (χ0v) is 14.3. The third-order valence-electron chi connectivity index (χ3n) is 2.85. The minimum Gasteiger partial charge on any atom is -0.480 e. The molecule has 0 bridgehead atoms. The van der Waals surface area contributed by atoms with Crippen molar-refractivity contribution in [3.8, 4) is 0 Å². The van der Waals surface area contributed by atoms with Crippen molar-refractivity contribution >= 4 is 12.1 Å². The van der Waals surface area contributed by atoms with Crippen molar-refractivity contribution in [2.75, 3.05) is 6.61 Å². The summed E-state index contributed by atoms with van der Waals surface area (Å²) in [5.41, 5.74) is 0.398.